The van der Waals surface area contributed by atoms with E-state index < -0.39 is 11.6 Å². The predicted octanol–water partition coefficient (Wildman–Crippen LogP) is 3.01. The zero-order valence-electron chi connectivity index (χ0n) is 10.6. The molecule has 1 aromatic carbocycles. The molecule has 0 fully saturated rings. The number of halogens is 2. The molecule has 19 heavy (non-hydrogen) atoms. The maximum atomic E-state index is 13.5. The molecule has 0 radical (unpaired) electrons. The zero-order valence-corrected chi connectivity index (χ0v) is 11.4. The summed E-state index contributed by atoms with van der Waals surface area (Å²) in [6.45, 7) is 3.92. The minimum Gasteiger partial charge on any atom is -0.368 e. The van der Waals surface area contributed by atoms with Crippen molar-refractivity contribution < 1.29 is 8.78 Å². The lowest BCUT2D eigenvalue weighted by Crippen LogP contribution is -2.07. The van der Waals surface area contributed by atoms with Crippen LogP contribution in [0.4, 0.5) is 14.7 Å². The number of thioether (sulfide) groups is 1. The fraction of sp³-hybridized carbons (Fsp3) is 0.333. The SMILES string of the molecule is CC(C)n1c(N)nnc1SCc1ccc(F)cc1F. The molecule has 2 aromatic rings. The molecule has 1 heterocycles. The van der Waals surface area contributed by atoms with Crippen molar-refractivity contribution in [3.63, 3.8) is 0 Å². The van der Waals surface area contributed by atoms with Crippen LogP contribution in [0.25, 0.3) is 0 Å². The van der Waals surface area contributed by atoms with Crippen LogP contribution < -0.4 is 5.73 Å². The number of hydrogen-bond donors (Lipinski definition) is 1. The lowest BCUT2D eigenvalue weighted by atomic mass is 10.2. The van der Waals surface area contributed by atoms with Crippen LogP contribution in [0.1, 0.15) is 25.5 Å². The van der Waals surface area contributed by atoms with Crippen LogP contribution in [0.5, 0.6) is 0 Å². The molecule has 1 aromatic heterocycles. The topological polar surface area (TPSA) is 56.7 Å². The number of hydrogen-bond acceptors (Lipinski definition) is 4. The van der Waals surface area contributed by atoms with E-state index in [9.17, 15) is 8.78 Å². The molecule has 0 aliphatic carbocycles. The van der Waals surface area contributed by atoms with Gasteiger partial charge in [0, 0.05) is 17.9 Å². The molecule has 0 aliphatic heterocycles. The minimum atomic E-state index is -0.583. The Morgan fingerprint density at radius 3 is 2.68 bits per heavy atom. The fourth-order valence-electron chi connectivity index (χ4n) is 1.65. The molecular weight excluding hydrogens is 270 g/mol. The highest BCUT2D eigenvalue weighted by atomic mass is 32.2. The summed E-state index contributed by atoms with van der Waals surface area (Å²) in [4.78, 5) is 0. The summed E-state index contributed by atoms with van der Waals surface area (Å²) in [6.07, 6.45) is 0. The Labute approximate surface area is 114 Å². The molecule has 0 bridgehead atoms. The first-order valence-corrected chi connectivity index (χ1v) is 6.74. The van der Waals surface area contributed by atoms with E-state index in [2.05, 4.69) is 10.2 Å². The Morgan fingerprint density at radius 1 is 1.32 bits per heavy atom. The molecule has 7 heteroatoms. The first-order chi connectivity index (χ1) is 8.99. The summed E-state index contributed by atoms with van der Waals surface area (Å²) in [6, 6.07) is 3.66. The van der Waals surface area contributed by atoms with Gasteiger partial charge in [-0.3, -0.25) is 4.57 Å². The zero-order chi connectivity index (χ0) is 14.0. The second-order valence-electron chi connectivity index (χ2n) is 4.33. The van der Waals surface area contributed by atoms with Crippen LogP contribution in [0.2, 0.25) is 0 Å². The highest BCUT2D eigenvalue weighted by molar-refractivity contribution is 7.98. The van der Waals surface area contributed by atoms with Crippen molar-refractivity contribution in [2.75, 3.05) is 5.73 Å². The molecule has 2 rings (SSSR count). The van der Waals surface area contributed by atoms with Gasteiger partial charge in [0.15, 0.2) is 5.16 Å². The first kappa shape index (κ1) is 13.8. The van der Waals surface area contributed by atoms with Gasteiger partial charge in [-0.05, 0) is 25.5 Å². The van der Waals surface area contributed by atoms with E-state index in [0.717, 1.165) is 6.07 Å². The second kappa shape index (κ2) is 5.56. The third-order valence-electron chi connectivity index (χ3n) is 2.58. The number of nitrogens with zero attached hydrogens (tertiary/aromatic N) is 3. The molecule has 0 aliphatic rings. The minimum absolute atomic E-state index is 0.121. The smallest absolute Gasteiger partial charge is 0.222 e. The molecule has 0 atom stereocenters. The van der Waals surface area contributed by atoms with Gasteiger partial charge in [-0.15, -0.1) is 10.2 Å². The highest BCUT2D eigenvalue weighted by Gasteiger charge is 2.14. The third-order valence-corrected chi connectivity index (χ3v) is 3.57. The van der Waals surface area contributed by atoms with Crippen molar-refractivity contribution in [3.8, 4) is 0 Å². The molecule has 0 spiro atoms. The van der Waals surface area contributed by atoms with Gasteiger partial charge in [0.05, 0.1) is 0 Å². The summed E-state index contributed by atoms with van der Waals surface area (Å²) in [7, 11) is 0. The molecule has 0 saturated carbocycles. The monoisotopic (exact) mass is 284 g/mol. The number of rotatable bonds is 4. The van der Waals surface area contributed by atoms with Crippen LogP contribution in [0.15, 0.2) is 23.4 Å². The van der Waals surface area contributed by atoms with Gasteiger partial charge >= 0.3 is 0 Å². The van der Waals surface area contributed by atoms with E-state index in [1.54, 1.807) is 4.57 Å². The normalized spacial score (nSPS) is 11.2. The van der Waals surface area contributed by atoms with Gasteiger partial charge in [0.2, 0.25) is 5.95 Å². The van der Waals surface area contributed by atoms with Crippen molar-refractivity contribution >= 4 is 17.7 Å². The Balaban J connectivity index is 2.15. The molecule has 2 N–H and O–H groups in total. The summed E-state index contributed by atoms with van der Waals surface area (Å²) in [5, 5.41) is 8.38. The van der Waals surface area contributed by atoms with Crippen LogP contribution in [-0.4, -0.2) is 14.8 Å². The van der Waals surface area contributed by atoms with Crippen LogP contribution in [0.3, 0.4) is 0 Å². The summed E-state index contributed by atoms with van der Waals surface area (Å²) < 4.78 is 28.1. The van der Waals surface area contributed by atoms with Crippen LogP contribution in [0, 0.1) is 11.6 Å². The van der Waals surface area contributed by atoms with E-state index in [1.807, 2.05) is 13.8 Å². The Morgan fingerprint density at radius 2 is 2.05 bits per heavy atom. The van der Waals surface area contributed by atoms with E-state index in [0.29, 0.717) is 22.4 Å². The number of anilines is 1. The highest BCUT2D eigenvalue weighted by Crippen LogP contribution is 2.26. The number of nitrogens with two attached hydrogens (primary N) is 1. The van der Waals surface area contributed by atoms with Gasteiger partial charge in [0.25, 0.3) is 0 Å². The molecular formula is C12H14F2N4S. The first-order valence-electron chi connectivity index (χ1n) is 5.76. The van der Waals surface area contributed by atoms with Crippen molar-refractivity contribution in [3.05, 3.63) is 35.4 Å². The summed E-state index contributed by atoms with van der Waals surface area (Å²) in [5.41, 5.74) is 6.13. The average molecular weight is 284 g/mol. The van der Waals surface area contributed by atoms with Crippen molar-refractivity contribution in [2.45, 2.75) is 30.8 Å². The lowest BCUT2D eigenvalue weighted by Gasteiger charge is -2.11. The van der Waals surface area contributed by atoms with Gasteiger partial charge in [-0.1, -0.05) is 17.8 Å². The molecule has 0 saturated heterocycles. The van der Waals surface area contributed by atoms with E-state index in [-0.39, 0.29) is 6.04 Å². The number of aromatic nitrogens is 3. The second-order valence-corrected chi connectivity index (χ2v) is 5.27. The van der Waals surface area contributed by atoms with E-state index in [4.69, 9.17) is 5.73 Å². The Kier molecular flexibility index (Phi) is 4.04. The maximum Gasteiger partial charge on any atom is 0.222 e. The molecule has 0 unspecified atom stereocenters. The molecule has 4 nitrogen and oxygen atoms in total. The van der Waals surface area contributed by atoms with E-state index in [1.165, 1.54) is 23.9 Å². The Bertz CT molecular complexity index is 583. The van der Waals surface area contributed by atoms with Crippen molar-refractivity contribution in [1.82, 2.24) is 14.8 Å². The van der Waals surface area contributed by atoms with E-state index >= 15 is 0 Å². The third kappa shape index (κ3) is 3.04. The Hall–Kier alpha value is -1.63. The van der Waals surface area contributed by atoms with Gasteiger partial charge < -0.3 is 5.73 Å². The lowest BCUT2D eigenvalue weighted by molar-refractivity contribution is 0.556. The molecule has 102 valence electrons. The van der Waals surface area contributed by atoms with Gasteiger partial charge in [-0.2, -0.15) is 0 Å². The van der Waals surface area contributed by atoms with Crippen molar-refractivity contribution in [2.24, 2.45) is 0 Å². The fourth-order valence-corrected chi connectivity index (χ4v) is 2.71. The number of benzene rings is 1. The maximum absolute atomic E-state index is 13.5. The largest absolute Gasteiger partial charge is 0.368 e. The van der Waals surface area contributed by atoms with Gasteiger partial charge in [-0.25, -0.2) is 8.78 Å². The standard InChI is InChI=1S/C12H14F2N4S/c1-7(2)18-11(15)16-17-12(18)19-6-8-3-4-9(13)5-10(8)14/h3-5,7H,6H2,1-2H3,(H2,15,16). The van der Waals surface area contributed by atoms with Crippen LogP contribution in [-0.2, 0) is 5.75 Å². The van der Waals surface area contributed by atoms with Crippen molar-refractivity contribution in [1.29, 1.82) is 0 Å². The quantitative estimate of drug-likeness (QED) is 0.877. The van der Waals surface area contributed by atoms with Gasteiger partial charge in [0.1, 0.15) is 11.6 Å². The average Bonchev–Trinajstić information content (AvgIpc) is 2.69. The summed E-state index contributed by atoms with van der Waals surface area (Å²) in [5.74, 6) is -0.467. The number of nitrogen functional groups attached to an aromatic ring is 1. The predicted molar refractivity (Wildman–Crippen MR) is 70.7 cm³/mol. The van der Waals surface area contributed by atoms with Crippen LogP contribution >= 0.6 is 11.8 Å². The summed E-state index contributed by atoms with van der Waals surface area (Å²) >= 11 is 1.32. The molecule has 0 amide bonds.